The van der Waals surface area contributed by atoms with Gasteiger partial charge in [-0.25, -0.2) is 4.79 Å². The molecule has 0 fully saturated rings. The molecule has 0 aliphatic heterocycles. The van der Waals surface area contributed by atoms with Crippen LogP contribution in [0.3, 0.4) is 0 Å². The number of amides is 1. The average molecular weight is 439 g/mol. The summed E-state index contributed by atoms with van der Waals surface area (Å²) >= 11 is 17.2. The molecule has 27 heavy (non-hydrogen) atoms. The van der Waals surface area contributed by atoms with E-state index in [1.54, 1.807) is 58.0 Å². The number of ketones is 1. The maximum Gasteiger partial charge on any atom is 0.408 e. The van der Waals surface area contributed by atoms with E-state index in [0.29, 0.717) is 5.56 Å². The number of Topliss-reactive ketones (excluding diaryl/α,β-unsaturated/α-hetero) is 1. The summed E-state index contributed by atoms with van der Waals surface area (Å²) in [5.74, 6) is -3.51. The van der Waals surface area contributed by atoms with Crippen LogP contribution in [0, 0.1) is 5.92 Å². The maximum atomic E-state index is 12.7. The molecule has 0 aliphatic carbocycles. The van der Waals surface area contributed by atoms with Gasteiger partial charge in [0.2, 0.25) is 9.58 Å². The molecule has 0 saturated heterocycles. The highest BCUT2D eigenvalue weighted by Crippen LogP contribution is 2.36. The number of hydrogen-bond donors (Lipinski definition) is 1. The van der Waals surface area contributed by atoms with Gasteiger partial charge in [-0.1, -0.05) is 65.1 Å². The minimum absolute atomic E-state index is 0.0103. The van der Waals surface area contributed by atoms with Gasteiger partial charge in [-0.05, 0) is 33.3 Å². The quantitative estimate of drug-likeness (QED) is 0.405. The smallest absolute Gasteiger partial charge is 0.408 e. The number of esters is 1. The second-order valence-electron chi connectivity index (χ2n) is 6.63. The second kappa shape index (κ2) is 9.62. The molecule has 2 atom stereocenters. The molecule has 0 aromatic heterocycles. The standard InChI is InChI=1S/C18H22Cl3NO5/c1-5-26-15(24)12(14(23)18(19,20)21)13(11-9-7-6-8-10-11)22-16(25)27-17(2,3)4/h6-10,12-13H,5H2,1-4H3,(H,22,25)/t12?,13-/m1/s1. The van der Waals surface area contributed by atoms with E-state index < -0.39 is 39.2 Å². The largest absolute Gasteiger partial charge is 0.465 e. The van der Waals surface area contributed by atoms with Gasteiger partial charge in [0.15, 0.2) is 0 Å². The van der Waals surface area contributed by atoms with Crippen LogP contribution in [0.5, 0.6) is 0 Å². The summed E-state index contributed by atoms with van der Waals surface area (Å²) < 4.78 is 7.84. The number of halogens is 3. The van der Waals surface area contributed by atoms with Crippen LogP contribution in [0.2, 0.25) is 0 Å². The monoisotopic (exact) mass is 437 g/mol. The molecule has 6 nitrogen and oxygen atoms in total. The summed E-state index contributed by atoms with van der Waals surface area (Å²) in [6, 6.07) is 7.20. The van der Waals surface area contributed by atoms with Crippen LogP contribution in [-0.4, -0.2) is 33.8 Å². The molecule has 0 saturated carbocycles. The highest BCUT2D eigenvalue weighted by molar-refractivity contribution is 6.76. The van der Waals surface area contributed by atoms with Crippen LogP contribution in [-0.2, 0) is 19.1 Å². The molecule has 1 rings (SSSR count). The fourth-order valence-corrected chi connectivity index (χ4v) is 2.61. The molecular weight excluding hydrogens is 417 g/mol. The van der Waals surface area contributed by atoms with E-state index >= 15 is 0 Å². The lowest BCUT2D eigenvalue weighted by atomic mass is 9.89. The molecule has 150 valence electrons. The maximum absolute atomic E-state index is 12.7. The number of nitrogens with one attached hydrogen (secondary N) is 1. The van der Waals surface area contributed by atoms with Crippen molar-refractivity contribution in [2.24, 2.45) is 5.92 Å². The predicted octanol–water partition coefficient (Wildman–Crippen LogP) is 4.37. The first-order valence-corrected chi connectivity index (χ1v) is 9.32. The number of benzene rings is 1. The summed E-state index contributed by atoms with van der Waals surface area (Å²) in [7, 11) is 0. The van der Waals surface area contributed by atoms with Gasteiger partial charge in [-0.15, -0.1) is 0 Å². The Balaban J connectivity index is 3.35. The first-order chi connectivity index (χ1) is 12.4. The molecule has 0 radical (unpaired) electrons. The Labute approximate surface area is 173 Å². The zero-order valence-electron chi connectivity index (χ0n) is 15.4. The van der Waals surface area contributed by atoms with Crippen LogP contribution in [0.4, 0.5) is 4.79 Å². The van der Waals surface area contributed by atoms with E-state index in [1.165, 1.54) is 0 Å². The topological polar surface area (TPSA) is 81.7 Å². The minimum atomic E-state index is -2.37. The SMILES string of the molecule is CCOC(=O)C(C(=O)C(Cl)(Cl)Cl)[C@H](NC(=O)OC(C)(C)C)c1ccccc1. The van der Waals surface area contributed by atoms with Crippen molar-refractivity contribution < 1.29 is 23.9 Å². The first-order valence-electron chi connectivity index (χ1n) is 8.19. The van der Waals surface area contributed by atoms with Gasteiger partial charge in [0.25, 0.3) is 0 Å². The molecule has 1 aromatic carbocycles. The Hall–Kier alpha value is -1.50. The molecule has 0 spiro atoms. The zero-order chi connectivity index (χ0) is 20.8. The third kappa shape index (κ3) is 7.56. The van der Waals surface area contributed by atoms with Crippen molar-refractivity contribution >= 4 is 52.6 Å². The van der Waals surface area contributed by atoms with E-state index in [0.717, 1.165) is 0 Å². The third-order valence-electron chi connectivity index (χ3n) is 3.27. The van der Waals surface area contributed by atoms with Gasteiger partial charge >= 0.3 is 12.1 Å². The van der Waals surface area contributed by atoms with Crippen LogP contribution in [0.15, 0.2) is 30.3 Å². The van der Waals surface area contributed by atoms with E-state index in [4.69, 9.17) is 44.3 Å². The summed E-state index contributed by atoms with van der Waals surface area (Å²) in [5.41, 5.74) is -0.340. The Morgan fingerprint density at radius 3 is 2.07 bits per heavy atom. The van der Waals surface area contributed by atoms with E-state index in [1.807, 2.05) is 0 Å². The molecule has 1 amide bonds. The van der Waals surface area contributed by atoms with Crippen molar-refractivity contribution in [2.75, 3.05) is 6.61 Å². The van der Waals surface area contributed by atoms with Gasteiger partial charge in [0, 0.05) is 0 Å². The lowest BCUT2D eigenvalue weighted by Gasteiger charge is -2.29. The van der Waals surface area contributed by atoms with Gasteiger partial charge in [-0.2, -0.15) is 0 Å². The van der Waals surface area contributed by atoms with Crippen LogP contribution in [0.25, 0.3) is 0 Å². The Morgan fingerprint density at radius 1 is 1.07 bits per heavy atom. The van der Waals surface area contributed by atoms with Crippen molar-refractivity contribution in [3.8, 4) is 0 Å². The minimum Gasteiger partial charge on any atom is -0.465 e. The number of carbonyl (C=O) groups is 3. The molecular formula is C18H22Cl3NO5. The summed E-state index contributed by atoms with van der Waals surface area (Å²) in [5, 5.41) is 2.52. The van der Waals surface area contributed by atoms with Crippen LogP contribution >= 0.6 is 34.8 Å². The van der Waals surface area contributed by atoms with Crippen molar-refractivity contribution in [3.63, 3.8) is 0 Å². The lowest BCUT2D eigenvalue weighted by Crippen LogP contribution is -2.46. The van der Waals surface area contributed by atoms with Gasteiger partial charge in [0.1, 0.15) is 11.5 Å². The first kappa shape index (κ1) is 23.5. The fraction of sp³-hybridized carbons (Fsp3) is 0.500. The number of alkyl halides is 3. The molecule has 9 heteroatoms. The van der Waals surface area contributed by atoms with Crippen molar-refractivity contribution in [2.45, 2.75) is 43.1 Å². The van der Waals surface area contributed by atoms with E-state index in [2.05, 4.69) is 5.32 Å². The molecule has 1 aromatic rings. The van der Waals surface area contributed by atoms with Crippen molar-refractivity contribution in [3.05, 3.63) is 35.9 Å². The van der Waals surface area contributed by atoms with Gasteiger partial charge in [0.05, 0.1) is 12.6 Å². The molecule has 0 aliphatic rings. The highest BCUT2D eigenvalue weighted by atomic mass is 35.6. The number of carbonyl (C=O) groups excluding carboxylic acids is 3. The third-order valence-corrected chi connectivity index (χ3v) is 3.83. The molecule has 0 bridgehead atoms. The molecule has 1 unspecified atom stereocenters. The number of rotatable bonds is 6. The van der Waals surface area contributed by atoms with Crippen LogP contribution in [0.1, 0.15) is 39.3 Å². The predicted molar refractivity (Wildman–Crippen MR) is 104 cm³/mol. The van der Waals surface area contributed by atoms with E-state index in [9.17, 15) is 14.4 Å². The zero-order valence-corrected chi connectivity index (χ0v) is 17.7. The number of hydrogen-bond acceptors (Lipinski definition) is 5. The average Bonchev–Trinajstić information content (AvgIpc) is 2.52. The van der Waals surface area contributed by atoms with E-state index in [-0.39, 0.29) is 6.61 Å². The van der Waals surface area contributed by atoms with Crippen LogP contribution < -0.4 is 5.32 Å². The fourth-order valence-electron chi connectivity index (χ4n) is 2.26. The molecule has 1 N–H and O–H groups in total. The second-order valence-corrected chi connectivity index (χ2v) is 8.91. The Kier molecular flexibility index (Phi) is 8.39. The summed E-state index contributed by atoms with van der Waals surface area (Å²) in [6.07, 6.45) is -0.831. The van der Waals surface area contributed by atoms with Crippen molar-refractivity contribution in [1.29, 1.82) is 0 Å². The van der Waals surface area contributed by atoms with Gasteiger partial charge in [-0.3, -0.25) is 9.59 Å². The van der Waals surface area contributed by atoms with Gasteiger partial charge < -0.3 is 14.8 Å². The molecule has 0 heterocycles. The summed E-state index contributed by atoms with van der Waals surface area (Å²) in [6.45, 7) is 6.63. The van der Waals surface area contributed by atoms with Crippen molar-refractivity contribution in [1.82, 2.24) is 5.32 Å². The summed E-state index contributed by atoms with van der Waals surface area (Å²) in [4.78, 5) is 37.5. The number of alkyl carbamates (subject to hydrolysis) is 1. The highest BCUT2D eigenvalue weighted by Gasteiger charge is 2.47. The Morgan fingerprint density at radius 2 is 1.63 bits per heavy atom. The lowest BCUT2D eigenvalue weighted by molar-refractivity contribution is -0.152. The normalized spacial score (nSPS) is 14.0. The number of ether oxygens (including phenoxy) is 2. The Bertz CT molecular complexity index is 668.